The molecule has 0 bridgehead atoms. The smallest absolute Gasteiger partial charge is 0.410 e. The Bertz CT molecular complexity index is 1410. The van der Waals surface area contributed by atoms with Crippen molar-refractivity contribution in [3.63, 3.8) is 0 Å². The lowest BCUT2D eigenvalue weighted by atomic mass is 10.1. The van der Waals surface area contributed by atoms with Crippen LogP contribution in [-0.4, -0.2) is 115 Å². The maximum atomic E-state index is 13.0. The highest BCUT2D eigenvalue weighted by Gasteiger charge is 2.48. The number of nitrogens with zero attached hydrogens (tertiary/aromatic N) is 6. The third-order valence-corrected chi connectivity index (χ3v) is 6.42. The van der Waals surface area contributed by atoms with Gasteiger partial charge in [-0.25, -0.2) is 24.5 Å². The summed E-state index contributed by atoms with van der Waals surface area (Å²) in [4.78, 5) is 53.2. The molecule has 1 saturated heterocycles. The second kappa shape index (κ2) is 12.7. The molecule has 1 aliphatic rings. The minimum absolute atomic E-state index is 0.109. The van der Waals surface area contributed by atoms with Crippen molar-refractivity contribution in [2.24, 2.45) is 0 Å². The van der Waals surface area contributed by atoms with Crippen molar-refractivity contribution in [3.05, 3.63) is 48.5 Å². The molecular weight excluding hydrogens is 550 g/mol. The predicted octanol–water partition coefficient (Wildman–Crippen LogP) is 1.63. The number of hydrogen-bond acceptors (Lipinski definition) is 11. The van der Waals surface area contributed by atoms with Crippen molar-refractivity contribution in [1.82, 2.24) is 29.3 Å². The number of aromatic nitrogens is 4. The zero-order chi connectivity index (χ0) is 30.6. The Hall–Kier alpha value is -4.34. The van der Waals surface area contributed by atoms with Crippen molar-refractivity contribution in [2.75, 3.05) is 39.1 Å². The molecule has 0 radical (unpaired) electrons. The molecule has 3 N–H and O–H groups in total. The number of likely N-dealkylation sites (N-methyl/N-ethyl adjacent to an activating group) is 2. The number of aliphatic hydroxyl groups excluding tert-OH is 2. The Kier molecular flexibility index (Phi) is 9.23. The van der Waals surface area contributed by atoms with Gasteiger partial charge >= 0.3 is 12.2 Å². The summed E-state index contributed by atoms with van der Waals surface area (Å²) in [5.74, 6) is -0.252. The SMILES string of the molecule is CN(CCN(C)C(=O)OC(C)(C)C)C(=O)O[C@@H]1[C@H](O)[C@@H](CO)O[C@H]1n1cnc2c(NC(=O)c3ccccc3)ncnc21. The number of benzene rings is 1. The Morgan fingerprint density at radius 1 is 1.05 bits per heavy atom. The standard InChI is InChI=1S/C27H35N7O8/c1-27(2,3)42-26(39)33(5)12-11-32(4)25(38)41-20-19(36)17(13-35)40-24(20)34-15-30-18-21(28-14-29-22(18)34)31-23(37)16-9-7-6-8-10-16/h6-10,14-15,17,19-20,24,35-36H,11-13H2,1-5H3,(H,28,29,31,37)/t17-,19-,20-,24-/m1/s1. The average Bonchev–Trinajstić information content (AvgIpc) is 3.52. The van der Waals surface area contributed by atoms with Crippen LogP contribution >= 0.6 is 0 Å². The first-order valence-corrected chi connectivity index (χ1v) is 13.2. The van der Waals surface area contributed by atoms with E-state index in [1.54, 1.807) is 58.2 Å². The van der Waals surface area contributed by atoms with E-state index < -0.39 is 54.8 Å². The van der Waals surface area contributed by atoms with Crippen LogP contribution in [0.25, 0.3) is 11.2 Å². The molecule has 1 aromatic carbocycles. The van der Waals surface area contributed by atoms with Crippen LogP contribution in [0, 0.1) is 0 Å². The lowest BCUT2D eigenvalue weighted by Gasteiger charge is -2.27. The van der Waals surface area contributed by atoms with E-state index >= 15 is 0 Å². The Labute approximate surface area is 242 Å². The van der Waals surface area contributed by atoms with E-state index in [4.69, 9.17) is 14.2 Å². The summed E-state index contributed by atoms with van der Waals surface area (Å²) < 4.78 is 18.2. The molecule has 15 heteroatoms. The average molecular weight is 586 g/mol. The number of imidazole rings is 1. The number of amides is 3. The Balaban J connectivity index is 1.49. The molecule has 42 heavy (non-hydrogen) atoms. The fourth-order valence-corrected chi connectivity index (χ4v) is 4.15. The number of hydrogen-bond donors (Lipinski definition) is 3. The number of ether oxygens (including phenoxy) is 3. The van der Waals surface area contributed by atoms with Crippen LogP contribution in [0.1, 0.15) is 37.4 Å². The number of nitrogens with one attached hydrogen (secondary N) is 1. The van der Waals surface area contributed by atoms with Crippen LogP contribution in [0.4, 0.5) is 15.4 Å². The summed E-state index contributed by atoms with van der Waals surface area (Å²) in [6, 6.07) is 8.57. The van der Waals surface area contributed by atoms with Crippen molar-refractivity contribution >= 4 is 35.1 Å². The Morgan fingerprint density at radius 3 is 2.36 bits per heavy atom. The van der Waals surface area contributed by atoms with Crippen LogP contribution in [0.15, 0.2) is 43.0 Å². The molecule has 0 spiro atoms. The molecule has 4 atom stereocenters. The van der Waals surface area contributed by atoms with Crippen LogP contribution in [0.2, 0.25) is 0 Å². The van der Waals surface area contributed by atoms with Gasteiger partial charge in [0.05, 0.1) is 12.9 Å². The number of rotatable bonds is 8. The monoisotopic (exact) mass is 585 g/mol. The zero-order valence-corrected chi connectivity index (χ0v) is 24.0. The van der Waals surface area contributed by atoms with Gasteiger partial charge < -0.3 is 39.5 Å². The summed E-state index contributed by atoms with van der Waals surface area (Å²) in [5.41, 5.74) is 0.228. The van der Waals surface area contributed by atoms with Crippen LogP contribution in [0.5, 0.6) is 0 Å². The van der Waals surface area contributed by atoms with E-state index in [2.05, 4.69) is 20.3 Å². The fourth-order valence-electron chi connectivity index (χ4n) is 4.15. The molecule has 1 fully saturated rings. The molecule has 3 aromatic rings. The highest BCUT2D eigenvalue weighted by Crippen LogP contribution is 2.34. The number of fused-ring (bicyclic) bond motifs is 1. The van der Waals surface area contributed by atoms with Crippen molar-refractivity contribution in [1.29, 1.82) is 0 Å². The van der Waals surface area contributed by atoms with Crippen LogP contribution < -0.4 is 5.32 Å². The maximum Gasteiger partial charge on any atom is 0.410 e. The van der Waals surface area contributed by atoms with Gasteiger partial charge in [-0.1, -0.05) is 18.2 Å². The van der Waals surface area contributed by atoms with Gasteiger partial charge in [-0.15, -0.1) is 0 Å². The summed E-state index contributed by atoms with van der Waals surface area (Å²) in [5, 5.41) is 23.3. The summed E-state index contributed by atoms with van der Waals surface area (Å²) in [6.07, 6.45) is -3.55. The van der Waals surface area contributed by atoms with E-state index in [1.807, 2.05) is 0 Å². The molecule has 0 unspecified atom stereocenters. The fraction of sp³-hybridized carbons (Fsp3) is 0.481. The van der Waals surface area contributed by atoms with E-state index in [0.29, 0.717) is 5.56 Å². The van der Waals surface area contributed by atoms with Gasteiger partial charge in [-0.05, 0) is 32.9 Å². The predicted molar refractivity (Wildman–Crippen MR) is 148 cm³/mol. The molecule has 3 amide bonds. The normalized spacial score (nSPS) is 20.3. The third kappa shape index (κ3) is 6.92. The van der Waals surface area contributed by atoms with Gasteiger partial charge in [0.15, 0.2) is 29.3 Å². The highest BCUT2D eigenvalue weighted by atomic mass is 16.6. The van der Waals surface area contributed by atoms with E-state index in [1.165, 1.54) is 34.1 Å². The minimum atomic E-state index is -1.38. The Morgan fingerprint density at radius 2 is 1.71 bits per heavy atom. The number of carbonyl (C=O) groups excluding carboxylic acids is 3. The molecule has 3 heterocycles. The summed E-state index contributed by atoms with van der Waals surface area (Å²) >= 11 is 0. The second-order valence-corrected chi connectivity index (χ2v) is 10.8. The molecule has 0 saturated carbocycles. The van der Waals surface area contributed by atoms with Gasteiger partial charge in [0.1, 0.15) is 24.1 Å². The van der Waals surface area contributed by atoms with Gasteiger partial charge in [0.2, 0.25) is 0 Å². The van der Waals surface area contributed by atoms with Crippen molar-refractivity contribution in [3.8, 4) is 0 Å². The van der Waals surface area contributed by atoms with E-state index in [0.717, 1.165) is 0 Å². The number of aliphatic hydroxyl groups is 2. The molecule has 15 nitrogen and oxygen atoms in total. The summed E-state index contributed by atoms with van der Waals surface area (Å²) in [7, 11) is 3.03. The van der Waals surface area contributed by atoms with Gasteiger partial charge in [0.25, 0.3) is 5.91 Å². The zero-order valence-electron chi connectivity index (χ0n) is 24.0. The molecule has 0 aliphatic carbocycles. The third-order valence-electron chi connectivity index (χ3n) is 6.42. The molecular formula is C27H35N7O8. The van der Waals surface area contributed by atoms with Gasteiger partial charge in [0, 0.05) is 32.7 Å². The van der Waals surface area contributed by atoms with Crippen molar-refractivity contribution in [2.45, 2.75) is 50.9 Å². The van der Waals surface area contributed by atoms with Crippen molar-refractivity contribution < 1.29 is 38.8 Å². The number of anilines is 1. The molecule has 1 aliphatic heterocycles. The van der Waals surface area contributed by atoms with E-state index in [-0.39, 0.29) is 30.1 Å². The molecule has 2 aromatic heterocycles. The number of carbonyl (C=O) groups is 3. The largest absolute Gasteiger partial charge is 0.444 e. The summed E-state index contributed by atoms with van der Waals surface area (Å²) in [6.45, 7) is 4.99. The van der Waals surface area contributed by atoms with Crippen LogP contribution in [0.3, 0.4) is 0 Å². The van der Waals surface area contributed by atoms with Gasteiger partial charge in [-0.2, -0.15) is 0 Å². The van der Waals surface area contributed by atoms with Gasteiger partial charge in [-0.3, -0.25) is 9.36 Å². The second-order valence-electron chi connectivity index (χ2n) is 10.8. The first-order chi connectivity index (χ1) is 19.9. The maximum absolute atomic E-state index is 13.0. The lowest BCUT2D eigenvalue weighted by molar-refractivity contribution is -0.0555. The lowest BCUT2D eigenvalue weighted by Crippen LogP contribution is -2.43. The quantitative estimate of drug-likeness (QED) is 0.349. The topological polar surface area (TPSA) is 181 Å². The molecule has 226 valence electrons. The van der Waals surface area contributed by atoms with Crippen LogP contribution in [-0.2, 0) is 14.2 Å². The first kappa shape index (κ1) is 30.6. The highest BCUT2D eigenvalue weighted by molar-refractivity contribution is 6.06. The minimum Gasteiger partial charge on any atom is -0.444 e. The molecule has 4 rings (SSSR count). The first-order valence-electron chi connectivity index (χ1n) is 13.2. The van der Waals surface area contributed by atoms with E-state index in [9.17, 15) is 24.6 Å².